The maximum absolute atomic E-state index is 13.3. The van der Waals surface area contributed by atoms with Gasteiger partial charge in [-0.2, -0.15) is 0 Å². The fourth-order valence-corrected chi connectivity index (χ4v) is 4.22. The lowest BCUT2D eigenvalue weighted by Gasteiger charge is -2.42. The molecular weight excluding hydrogens is 376 g/mol. The molecule has 0 radical (unpaired) electrons. The average Bonchev–Trinajstić information content (AvgIpc) is 2.75. The van der Waals surface area contributed by atoms with Gasteiger partial charge in [0.1, 0.15) is 6.61 Å². The molecule has 1 atom stereocenters. The Bertz CT molecular complexity index is 848. The zero-order chi connectivity index (χ0) is 21.6. The number of hydrogen-bond donors (Lipinski definition) is 1. The first-order chi connectivity index (χ1) is 14.4. The summed E-state index contributed by atoms with van der Waals surface area (Å²) < 4.78 is 5.03. The van der Waals surface area contributed by atoms with E-state index in [0.29, 0.717) is 19.5 Å². The molecule has 1 aliphatic heterocycles. The molecule has 0 spiro atoms. The third-order valence-corrected chi connectivity index (χ3v) is 5.70. The number of piperidine rings is 1. The highest BCUT2D eigenvalue weighted by molar-refractivity contribution is 5.85. The molecule has 0 bridgehead atoms. The van der Waals surface area contributed by atoms with Gasteiger partial charge in [-0.25, -0.2) is 0 Å². The normalized spacial score (nSPS) is 19.0. The Kier molecular flexibility index (Phi) is 7.27. The smallest absolute Gasteiger partial charge is 0.248 e. The number of methoxy groups -OCH3 is 1. The van der Waals surface area contributed by atoms with Crippen LogP contribution in [0.5, 0.6) is 0 Å². The molecule has 160 valence electrons. The average molecular weight is 409 g/mol. The monoisotopic (exact) mass is 408 g/mol. The number of benzene rings is 2. The molecule has 2 amide bonds. The van der Waals surface area contributed by atoms with Crippen molar-refractivity contribution in [2.45, 2.75) is 39.2 Å². The molecular formula is C25H32N2O3. The maximum atomic E-state index is 13.3. The predicted octanol–water partition coefficient (Wildman–Crippen LogP) is 3.68. The molecule has 1 saturated heterocycles. The first-order valence-corrected chi connectivity index (χ1v) is 10.7. The zero-order valence-electron chi connectivity index (χ0n) is 18.2. The third-order valence-electron chi connectivity index (χ3n) is 5.70. The van der Waals surface area contributed by atoms with E-state index < -0.39 is 5.41 Å². The topological polar surface area (TPSA) is 58.6 Å². The van der Waals surface area contributed by atoms with Crippen LogP contribution in [-0.2, 0) is 20.7 Å². The number of nitrogens with one attached hydrogen (secondary N) is 1. The molecule has 5 heteroatoms. The van der Waals surface area contributed by atoms with Gasteiger partial charge in [0.05, 0.1) is 5.41 Å². The summed E-state index contributed by atoms with van der Waals surface area (Å²) in [7, 11) is 1.52. The number of nitrogens with zero attached hydrogens (tertiary/aromatic N) is 1. The van der Waals surface area contributed by atoms with Crippen molar-refractivity contribution in [2.75, 3.05) is 26.8 Å². The second-order valence-electron chi connectivity index (χ2n) is 8.50. The van der Waals surface area contributed by atoms with Gasteiger partial charge < -0.3 is 15.0 Å². The number of likely N-dealkylation sites (tertiary alicyclic amines) is 1. The SMILES string of the molecule is COCC(=O)N1CCC[C@@](Cc2ccc(-c3ccccc3)cc2)(C(=O)NC(C)C)C1. The van der Waals surface area contributed by atoms with Gasteiger partial charge >= 0.3 is 0 Å². The number of ether oxygens (including phenoxy) is 1. The fraction of sp³-hybridized carbons (Fsp3) is 0.440. The summed E-state index contributed by atoms with van der Waals surface area (Å²) in [4.78, 5) is 27.5. The first kappa shape index (κ1) is 22.0. The molecule has 2 aromatic carbocycles. The van der Waals surface area contributed by atoms with E-state index in [4.69, 9.17) is 4.74 Å². The van der Waals surface area contributed by atoms with E-state index >= 15 is 0 Å². The molecule has 1 fully saturated rings. The van der Waals surface area contributed by atoms with Gasteiger partial charge in [-0.15, -0.1) is 0 Å². The molecule has 0 unspecified atom stereocenters. The van der Waals surface area contributed by atoms with E-state index in [1.54, 1.807) is 4.90 Å². The van der Waals surface area contributed by atoms with Gasteiger partial charge in [-0.05, 0) is 49.8 Å². The van der Waals surface area contributed by atoms with Crippen LogP contribution in [0.4, 0.5) is 0 Å². The summed E-state index contributed by atoms with van der Waals surface area (Å²) in [5.74, 6) is -0.0297. The van der Waals surface area contributed by atoms with Crippen molar-refractivity contribution < 1.29 is 14.3 Å². The minimum atomic E-state index is -0.625. The molecule has 0 saturated carbocycles. The van der Waals surface area contributed by atoms with Crippen LogP contribution in [0.25, 0.3) is 11.1 Å². The summed E-state index contributed by atoms with van der Waals surface area (Å²) >= 11 is 0. The molecule has 1 heterocycles. The Balaban J connectivity index is 1.84. The van der Waals surface area contributed by atoms with Crippen molar-refractivity contribution in [3.05, 3.63) is 60.2 Å². The van der Waals surface area contributed by atoms with Gasteiger partial charge in [-0.3, -0.25) is 9.59 Å². The standard InChI is InChI=1S/C25H32N2O3/c1-19(2)26-24(29)25(14-7-15-27(18-25)23(28)17-30-3)16-20-10-12-22(13-11-20)21-8-5-4-6-9-21/h4-6,8-13,19H,7,14-18H2,1-3H3,(H,26,29)/t25-/m0/s1. The summed E-state index contributed by atoms with van der Waals surface area (Å²) in [6.07, 6.45) is 2.18. The van der Waals surface area contributed by atoms with Crippen molar-refractivity contribution in [3.63, 3.8) is 0 Å². The van der Waals surface area contributed by atoms with Crippen molar-refractivity contribution in [3.8, 4) is 11.1 Å². The Morgan fingerprint density at radius 1 is 1.07 bits per heavy atom. The van der Waals surface area contributed by atoms with Crippen molar-refractivity contribution in [2.24, 2.45) is 5.41 Å². The maximum Gasteiger partial charge on any atom is 0.248 e. The van der Waals surface area contributed by atoms with Crippen LogP contribution in [-0.4, -0.2) is 49.6 Å². The largest absolute Gasteiger partial charge is 0.375 e. The van der Waals surface area contributed by atoms with Crippen LogP contribution in [0.15, 0.2) is 54.6 Å². The summed E-state index contributed by atoms with van der Waals surface area (Å²) in [5.41, 5.74) is 2.81. The van der Waals surface area contributed by atoms with Gasteiger partial charge in [-0.1, -0.05) is 54.6 Å². The third kappa shape index (κ3) is 5.28. The lowest BCUT2D eigenvalue weighted by atomic mass is 9.74. The van der Waals surface area contributed by atoms with Crippen molar-refractivity contribution >= 4 is 11.8 Å². The highest BCUT2D eigenvalue weighted by atomic mass is 16.5. The fourth-order valence-electron chi connectivity index (χ4n) is 4.22. The number of rotatable bonds is 7. The van der Waals surface area contributed by atoms with Crippen LogP contribution in [0, 0.1) is 5.41 Å². The quantitative estimate of drug-likeness (QED) is 0.760. The van der Waals surface area contributed by atoms with E-state index in [2.05, 4.69) is 41.7 Å². The Morgan fingerprint density at radius 2 is 1.73 bits per heavy atom. The predicted molar refractivity (Wildman–Crippen MR) is 119 cm³/mol. The lowest BCUT2D eigenvalue weighted by Crippen LogP contribution is -2.56. The van der Waals surface area contributed by atoms with Gasteiger partial charge in [0.2, 0.25) is 11.8 Å². The molecule has 0 aromatic heterocycles. The number of hydrogen-bond acceptors (Lipinski definition) is 3. The van der Waals surface area contributed by atoms with Crippen LogP contribution >= 0.6 is 0 Å². The van der Waals surface area contributed by atoms with E-state index in [1.165, 1.54) is 12.7 Å². The summed E-state index contributed by atoms with van der Waals surface area (Å²) in [6.45, 7) is 5.08. The van der Waals surface area contributed by atoms with E-state index in [0.717, 1.165) is 24.0 Å². The van der Waals surface area contributed by atoms with Crippen LogP contribution in [0.2, 0.25) is 0 Å². The van der Waals surface area contributed by atoms with Crippen LogP contribution < -0.4 is 5.32 Å². The molecule has 30 heavy (non-hydrogen) atoms. The van der Waals surface area contributed by atoms with E-state index in [1.807, 2.05) is 32.0 Å². The van der Waals surface area contributed by atoms with E-state index in [9.17, 15) is 9.59 Å². The number of carbonyl (C=O) groups is 2. The highest BCUT2D eigenvalue weighted by Gasteiger charge is 2.43. The zero-order valence-corrected chi connectivity index (χ0v) is 18.2. The first-order valence-electron chi connectivity index (χ1n) is 10.7. The van der Waals surface area contributed by atoms with Gasteiger partial charge in [0, 0.05) is 26.2 Å². The second kappa shape index (κ2) is 9.90. The Labute approximate surface area is 179 Å². The minimum absolute atomic E-state index is 0.0274. The Hall–Kier alpha value is -2.66. The minimum Gasteiger partial charge on any atom is -0.375 e. The number of amides is 2. The summed E-state index contributed by atoms with van der Waals surface area (Å²) in [5, 5.41) is 3.09. The van der Waals surface area contributed by atoms with Gasteiger partial charge in [0.15, 0.2) is 0 Å². The van der Waals surface area contributed by atoms with Crippen LogP contribution in [0.1, 0.15) is 32.3 Å². The lowest BCUT2D eigenvalue weighted by molar-refractivity contribution is -0.144. The second-order valence-corrected chi connectivity index (χ2v) is 8.50. The molecule has 1 N–H and O–H groups in total. The van der Waals surface area contributed by atoms with E-state index in [-0.39, 0.29) is 24.5 Å². The molecule has 5 nitrogen and oxygen atoms in total. The molecule has 3 rings (SSSR count). The number of carbonyl (C=O) groups excluding carboxylic acids is 2. The molecule has 0 aliphatic carbocycles. The van der Waals surface area contributed by atoms with Crippen molar-refractivity contribution in [1.29, 1.82) is 0 Å². The van der Waals surface area contributed by atoms with Gasteiger partial charge in [0.25, 0.3) is 0 Å². The molecule has 1 aliphatic rings. The highest BCUT2D eigenvalue weighted by Crippen LogP contribution is 2.35. The Morgan fingerprint density at radius 3 is 2.37 bits per heavy atom. The molecule has 2 aromatic rings. The van der Waals surface area contributed by atoms with Crippen LogP contribution in [0.3, 0.4) is 0 Å². The summed E-state index contributed by atoms with van der Waals surface area (Å²) in [6, 6.07) is 18.7. The van der Waals surface area contributed by atoms with Crippen molar-refractivity contribution in [1.82, 2.24) is 10.2 Å².